The lowest BCUT2D eigenvalue weighted by Crippen LogP contribution is -2.18. The maximum absolute atomic E-state index is 6.32. The van der Waals surface area contributed by atoms with Crippen LogP contribution in [-0.2, 0) is 6.54 Å². The number of para-hydroxylation sites is 1. The summed E-state index contributed by atoms with van der Waals surface area (Å²) < 4.78 is 2.41. The smallest absolute Gasteiger partial charge is 0.0561 e. The van der Waals surface area contributed by atoms with Crippen LogP contribution in [0.1, 0.15) is 24.5 Å². The molecule has 1 aliphatic rings. The number of hydrogen-bond acceptors (Lipinski definition) is 3. The molecule has 4 nitrogen and oxygen atoms in total. The van der Waals surface area contributed by atoms with Crippen molar-refractivity contribution in [1.82, 2.24) is 9.47 Å². The number of hydrogen-bond donors (Lipinski definition) is 1. The number of allylic oxidation sites excluding steroid dienone is 5. The molecule has 0 amide bonds. The highest BCUT2D eigenvalue weighted by Gasteiger charge is 2.19. The van der Waals surface area contributed by atoms with Gasteiger partial charge in [0.1, 0.15) is 0 Å². The van der Waals surface area contributed by atoms with Crippen molar-refractivity contribution in [2.75, 3.05) is 11.9 Å². The Morgan fingerprint density at radius 1 is 0.712 bits per heavy atom. The van der Waals surface area contributed by atoms with Gasteiger partial charge in [0.2, 0.25) is 0 Å². The van der Waals surface area contributed by atoms with E-state index in [2.05, 4.69) is 192 Å². The largest absolute Gasteiger partial charge is 0.400 e. The zero-order valence-electron chi connectivity index (χ0n) is 29.7. The van der Waals surface area contributed by atoms with Crippen molar-refractivity contribution in [2.24, 2.45) is 5.73 Å². The minimum Gasteiger partial charge on any atom is -0.400 e. The fraction of sp³-hybridized carbons (Fsp3) is 0.0833. The van der Waals surface area contributed by atoms with Gasteiger partial charge in [0, 0.05) is 59.2 Å². The van der Waals surface area contributed by atoms with E-state index in [9.17, 15) is 0 Å². The van der Waals surface area contributed by atoms with E-state index in [1.165, 1.54) is 33.0 Å². The van der Waals surface area contributed by atoms with Gasteiger partial charge in [-0.1, -0.05) is 116 Å². The summed E-state index contributed by atoms with van der Waals surface area (Å²) in [6.45, 7) is 6.84. The molecule has 0 aliphatic heterocycles. The Bertz CT molecular complexity index is 2500. The van der Waals surface area contributed by atoms with Gasteiger partial charge >= 0.3 is 0 Å². The van der Waals surface area contributed by atoms with Crippen LogP contribution in [-0.4, -0.2) is 16.5 Å². The Hall–Kier alpha value is -6.52. The molecule has 6 aromatic carbocycles. The normalized spacial score (nSPS) is 12.9. The monoisotopic (exact) mass is 674 g/mol. The number of benzene rings is 6. The Labute approximate surface area is 306 Å². The molecular formula is C48H42N4. The van der Waals surface area contributed by atoms with Crippen LogP contribution in [0.15, 0.2) is 188 Å². The van der Waals surface area contributed by atoms with Crippen LogP contribution in [0.5, 0.6) is 0 Å². The van der Waals surface area contributed by atoms with Gasteiger partial charge in [-0.2, -0.15) is 0 Å². The van der Waals surface area contributed by atoms with Crippen LogP contribution < -0.4 is 10.6 Å². The van der Waals surface area contributed by atoms with E-state index in [0.29, 0.717) is 0 Å². The van der Waals surface area contributed by atoms with Crippen LogP contribution in [0.2, 0.25) is 0 Å². The van der Waals surface area contributed by atoms with Crippen molar-refractivity contribution in [3.8, 4) is 16.8 Å². The minimum atomic E-state index is 0.764. The highest BCUT2D eigenvalue weighted by Crippen LogP contribution is 2.40. The fourth-order valence-electron chi connectivity index (χ4n) is 7.50. The molecule has 0 atom stereocenters. The summed E-state index contributed by atoms with van der Waals surface area (Å²) in [4.78, 5) is 4.59. The van der Waals surface area contributed by atoms with Crippen molar-refractivity contribution >= 4 is 44.4 Å². The van der Waals surface area contributed by atoms with E-state index < -0.39 is 0 Å². The lowest BCUT2D eigenvalue weighted by atomic mass is 10.0. The molecule has 2 N–H and O–H groups in total. The zero-order valence-corrected chi connectivity index (χ0v) is 29.7. The van der Waals surface area contributed by atoms with Gasteiger partial charge < -0.3 is 20.1 Å². The second kappa shape index (κ2) is 14.0. The molecule has 1 heterocycles. The molecule has 4 heteroatoms. The predicted molar refractivity (Wildman–Crippen MR) is 221 cm³/mol. The molecule has 1 aromatic heterocycles. The molecule has 0 spiro atoms. The lowest BCUT2D eigenvalue weighted by Gasteiger charge is -2.26. The summed E-state index contributed by atoms with van der Waals surface area (Å²) in [6, 6.07) is 52.6. The molecule has 0 saturated heterocycles. The quantitative estimate of drug-likeness (QED) is 0.147. The Balaban J connectivity index is 1.26. The standard InChI is InChI=1S/C48H42N4/c1-4-35(5-2)37-21-25-39(26-22-37)51(40-27-23-38(24-28-40)36-14-7-6-8-15-36)42-29-30-44-43-17-9-10-19-46(43)52(48(44)32-42)41-16-11-13-34(31-41)33-50(3)47-20-12-18-45(47)49/h4-17,19-32H,1,18,33,49H2,2-3H3/b35-5+. The van der Waals surface area contributed by atoms with Crippen molar-refractivity contribution in [3.63, 3.8) is 0 Å². The van der Waals surface area contributed by atoms with E-state index in [0.717, 1.165) is 63.8 Å². The summed E-state index contributed by atoms with van der Waals surface area (Å²) in [5, 5.41) is 2.45. The average molecular weight is 675 g/mol. The van der Waals surface area contributed by atoms with E-state index in [1.54, 1.807) is 0 Å². The third-order valence-corrected chi connectivity index (χ3v) is 10.1. The van der Waals surface area contributed by atoms with Gasteiger partial charge in [-0.25, -0.2) is 0 Å². The number of nitrogens with two attached hydrogens (primary N) is 1. The first-order valence-corrected chi connectivity index (χ1v) is 17.9. The van der Waals surface area contributed by atoms with Crippen LogP contribution >= 0.6 is 0 Å². The molecule has 0 saturated carbocycles. The number of aromatic nitrogens is 1. The van der Waals surface area contributed by atoms with Crippen molar-refractivity contribution in [2.45, 2.75) is 19.9 Å². The van der Waals surface area contributed by atoms with Gasteiger partial charge in [0.05, 0.1) is 16.7 Å². The molecule has 1 aliphatic carbocycles. The number of rotatable bonds is 10. The van der Waals surface area contributed by atoms with Crippen LogP contribution in [0, 0.1) is 0 Å². The van der Waals surface area contributed by atoms with Crippen molar-refractivity contribution in [3.05, 3.63) is 199 Å². The van der Waals surface area contributed by atoms with E-state index in [-0.39, 0.29) is 0 Å². The predicted octanol–water partition coefficient (Wildman–Crippen LogP) is 12.1. The van der Waals surface area contributed by atoms with Crippen molar-refractivity contribution in [1.29, 1.82) is 0 Å². The van der Waals surface area contributed by atoms with E-state index >= 15 is 0 Å². The first kappa shape index (κ1) is 32.7. The van der Waals surface area contributed by atoms with Crippen LogP contribution in [0.25, 0.3) is 44.2 Å². The molecule has 0 radical (unpaired) electrons. The Morgan fingerprint density at radius 2 is 1.38 bits per heavy atom. The summed E-state index contributed by atoms with van der Waals surface area (Å²) in [5.74, 6) is 0. The number of fused-ring (bicyclic) bond motifs is 3. The Kier molecular flexibility index (Phi) is 8.80. The zero-order chi connectivity index (χ0) is 35.6. The van der Waals surface area contributed by atoms with E-state index in [4.69, 9.17) is 5.73 Å². The molecule has 7 aromatic rings. The fourth-order valence-corrected chi connectivity index (χ4v) is 7.50. The number of anilines is 3. The molecular weight excluding hydrogens is 633 g/mol. The summed E-state index contributed by atoms with van der Waals surface area (Å²) in [6.07, 6.45) is 9.07. The molecule has 8 rings (SSSR count). The van der Waals surface area contributed by atoms with Gasteiger partial charge in [0.15, 0.2) is 0 Å². The first-order valence-electron chi connectivity index (χ1n) is 17.9. The Morgan fingerprint density at radius 3 is 2.10 bits per heavy atom. The first-order chi connectivity index (χ1) is 25.5. The van der Waals surface area contributed by atoms with Crippen LogP contribution in [0.3, 0.4) is 0 Å². The second-order valence-electron chi connectivity index (χ2n) is 13.3. The highest BCUT2D eigenvalue weighted by molar-refractivity contribution is 6.10. The highest BCUT2D eigenvalue weighted by atomic mass is 15.1. The second-order valence-corrected chi connectivity index (χ2v) is 13.3. The number of nitrogens with zero attached hydrogens (tertiary/aromatic N) is 3. The van der Waals surface area contributed by atoms with Crippen molar-refractivity contribution < 1.29 is 0 Å². The third kappa shape index (κ3) is 6.09. The maximum atomic E-state index is 6.32. The lowest BCUT2D eigenvalue weighted by molar-refractivity contribution is 0.421. The van der Waals surface area contributed by atoms with Gasteiger partial charge in [-0.15, -0.1) is 0 Å². The van der Waals surface area contributed by atoms with Gasteiger partial charge in [0.25, 0.3) is 0 Å². The molecule has 0 unspecified atom stereocenters. The third-order valence-electron chi connectivity index (χ3n) is 10.1. The molecule has 0 fully saturated rings. The molecule has 52 heavy (non-hydrogen) atoms. The minimum absolute atomic E-state index is 0.764. The summed E-state index contributed by atoms with van der Waals surface area (Å²) in [5.41, 5.74) is 20.9. The maximum Gasteiger partial charge on any atom is 0.0561 e. The van der Waals surface area contributed by atoms with Gasteiger partial charge in [-0.3, -0.25) is 0 Å². The summed E-state index contributed by atoms with van der Waals surface area (Å²) in [7, 11) is 2.11. The van der Waals surface area contributed by atoms with E-state index in [1.807, 2.05) is 13.0 Å². The SMILES string of the molecule is C=C/C(=C\C)c1ccc(N(c2ccc(-c3ccccc3)cc2)c2ccc3c4ccccc4n(-c4cccc(CN(C)C5=C(N)CC=C5)c4)c3c2)cc1. The molecule has 254 valence electrons. The average Bonchev–Trinajstić information content (AvgIpc) is 3.77. The van der Waals surface area contributed by atoms with Gasteiger partial charge in [-0.05, 0) is 95.4 Å². The number of likely N-dealkylation sites (N-methyl/N-ethyl adjacent to an activating group) is 1. The van der Waals surface area contributed by atoms with Crippen LogP contribution in [0.4, 0.5) is 17.1 Å². The summed E-state index contributed by atoms with van der Waals surface area (Å²) >= 11 is 0. The topological polar surface area (TPSA) is 37.4 Å². The molecule has 0 bridgehead atoms.